The average molecular weight is 186 g/mol. The molecule has 0 bridgehead atoms. The van der Waals surface area contributed by atoms with Crippen LogP contribution in [0.5, 0.6) is 0 Å². The van der Waals surface area contributed by atoms with Gasteiger partial charge in [-0.05, 0) is 15.9 Å². The van der Waals surface area contributed by atoms with Gasteiger partial charge in [0.05, 0.1) is 5.69 Å². The summed E-state index contributed by atoms with van der Waals surface area (Å²) in [6, 6.07) is 0. The van der Waals surface area contributed by atoms with Crippen LogP contribution >= 0.6 is 15.9 Å². The predicted molar refractivity (Wildman–Crippen MR) is 38.8 cm³/mol. The van der Waals surface area contributed by atoms with Crippen LogP contribution in [0.1, 0.15) is 12.6 Å². The summed E-state index contributed by atoms with van der Waals surface area (Å²) in [5.74, 6) is 0. The fraction of sp³-hybridized carbons (Fsp3) is 0.167. The van der Waals surface area contributed by atoms with Crippen LogP contribution in [-0.2, 0) is 0 Å². The Morgan fingerprint density at radius 2 is 2.11 bits per heavy atom. The molecule has 0 atom stereocenters. The maximum Gasteiger partial charge on any atom is 0.127 e. The van der Waals surface area contributed by atoms with E-state index < -0.39 is 0 Å². The molecule has 47 valence electrons. The molecule has 0 N–H and O–H groups in total. The average Bonchev–Trinajstić information content (AvgIpc) is 1.89. The first-order valence-corrected chi connectivity index (χ1v) is 3.39. The van der Waals surface area contributed by atoms with Crippen LogP contribution in [0.3, 0.4) is 0 Å². The molecular formula is C6H6BrN2. The highest BCUT2D eigenvalue weighted by molar-refractivity contribution is 9.10. The highest BCUT2D eigenvalue weighted by atomic mass is 79.9. The molecule has 0 unspecified atom stereocenters. The number of hydrogen-bond acceptors (Lipinski definition) is 2. The van der Waals surface area contributed by atoms with E-state index in [4.69, 9.17) is 0 Å². The summed E-state index contributed by atoms with van der Waals surface area (Å²) in [6.45, 7) is 1.93. The quantitative estimate of drug-likeness (QED) is 0.668. The molecule has 0 fully saturated rings. The Morgan fingerprint density at radius 3 is 2.56 bits per heavy atom. The van der Waals surface area contributed by atoms with Gasteiger partial charge in [-0.3, -0.25) is 4.98 Å². The van der Waals surface area contributed by atoms with Crippen LogP contribution in [0.15, 0.2) is 17.0 Å². The van der Waals surface area contributed by atoms with Crippen molar-refractivity contribution in [3.8, 4) is 0 Å². The summed E-state index contributed by atoms with van der Waals surface area (Å²) in [5, 5.41) is 0. The second-order valence-corrected chi connectivity index (χ2v) is 2.27. The molecule has 0 spiro atoms. The van der Waals surface area contributed by atoms with Crippen LogP contribution in [0.4, 0.5) is 0 Å². The molecule has 1 radical (unpaired) electrons. The number of aromatic nitrogens is 2. The second-order valence-electron chi connectivity index (χ2n) is 1.52. The van der Waals surface area contributed by atoms with E-state index in [1.54, 1.807) is 12.4 Å². The van der Waals surface area contributed by atoms with Gasteiger partial charge in [0.1, 0.15) is 4.60 Å². The molecule has 9 heavy (non-hydrogen) atoms. The van der Waals surface area contributed by atoms with Crippen molar-refractivity contribution in [1.82, 2.24) is 9.97 Å². The maximum atomic E-state index is 4.03. The van der Waals surface area contributed by atoms with Crippen molar-refractivity contribution in [2.24, 2.45) is 0 Å². The Morgan fingerprint density at radius 1 is 1.44 bits per heavy atom. The second kappa shape index (κ2) is 2.92. The monoisotopic (exact) mass is 185 g/mol. The predicted octanol–water partition coefficient (Wildman–Crippen LogP) is 1.81. The van der Waals surface area contributed by atoms with Crippen LogP contribution in [0, 0.1) is 6.42 Å². The zero-order chi connectivity index (χ0) is 6.69. The molecule has 2 nitrogen and oxygen atoms in total. The van der Waals surface area contributed by atoms with E-state index in [9.17, 15) is 0 Å². The Labute approximate surface area is 62.5 Å². The smallest absolute Gasteiger partial charge is 0.127 e. The number of halogens is 1. The molecule has 1 aromatic heterocycles. The highest BCUT2D eigenvalue weighted by Gasteiger charge is 1.95. The minimum absolute atomic E-state index is 0.799. The molecule has 0 amide bonds. The highest BCUT2D eigenvalue weighted by Crippen LogP contribution is 2.10. The van der Waals surface area contributed by atoms with Crippen LogP contribution in [-0.4, -0.2) is 9.97 Å². The molecule has 3 heteroatoms. The fourth-order valence-electron chi connectivity index (χ4n) is 0.525. The molecule has 0 saturated heterocycles. The van der Waals surface area contributed by atoms with E-state index >= 15 is 0 Å². The molecule has 0 aromatic carbocycles. The summed E-state index contributed by atoms with van der Waals surface area (Å²) in [4.78, 5) is 8.00. The lowest BCUT2D eigenvalue weighted by atomic mass is 10.4. The van der Waals surface area contributed by atoms with Crippen molar-refractivity contribution in [2.45, 2.75) is 6.92 Å². The Bertz CT molecular complexity index is 200. The normalized spacial score (nSPS) is 9.56. The van der Waals surface area contributed by atoms with Crippen molar-refractivity contribution in [3.05, 3.63) is 29.1 Å². The van der Waals surface area contributed by atoms with Gasteiger partial charge in [0.25, 0.3) is 0 Å². The van der Waals surface area contributed by atoms with Gasteiger partial charge in [-0.15, -0.1) is 0 Å². The Balaban J connectivity index is 3.01. The van der Waals surface area contributed by atoms with Crippen molar-refractivity contribution >= 4 is 15.9 Å². The first-order valence-electron chi connectivity index (χ1n) is 2.60. The van der Waals surface area contributed by atoms with E-state index in [1.165, 1.54) is 0 Å². The van der Waals surface area contributed by atoms with Gasteiger partial charge in [-0.25, -0.2) is 4.98 Å². The van der Waals surface area contributed by atoms with Crippen LogP contribution < -0.4 is 0 Å². The summed E-state index contributed by atoms with van der Waals surface area (Å²) in [5.41, 5.74) is 0.887. The largest absolute Gasteiger partial charge is 0.257 e. The fourth-order valence-corrected chi connectivity index (χ4v) is 0.975. The van der Waals surface area contributed by atoms with E-state index in [1.807, 2.05) is 13.3 Å². The molecule has 1 rings (SSSR count). The van der Waals surface area contributed by atoms with Crippen molar-refractivity contribution in [1.29, 1.82) is 0 Å². The third-order valence-electron chi connectivity index (χ3n) is 0.953. The van der Waals surface area contributed by atoms with Gasteiger partial charge < -0.3 is 0 Å². The van der Waals surface area contributed by atoms with E-state index in [2.05, 4.69) is 25.9 Å². The Hall–Kier alpha value is -0.440. The lowest BCUT2D eigenvalue weighted by Crippen LogP contribution is -1.87. The zero-order valence-corrected chi connectivity index (χ0v) is 6.59. The first kappa shape index (κ1) is 6.68. The summed E-state index contributed by atoms with van der Waals surface area (Å²) in [6.07, 6.45) is 5.22. The molecule has 0 saturated carbocycles. The number of nitrogens with zero attached hydrogens (tertiary/aromatic N) is 2. The first-order chi connectivity index (χ1) is 4.34. The Kier molecular flexibility index (Phi) is 2.16. The molecular weight excluding hydrogens is 180 g/mol. The molecule has 0 aliphatic heterocycles. The van der Waals surface area contributed by atoms with Crippen molar-refractivity contribution in [3.63, 3.8) is 0 Å². The SMILES string of the molecule is C[CH]c1nccnc1Br. The lowest BCUT2D eigenvalue weighted by Gasteiger charge is -1.94. The lowest BCUT2D eigenvalue weighted by molar-refractivity contribution is 1.09. The van der Waals surface area contributed by atoms with Gasteiger partial charge >= 0.3 is 0 Å². The molecule has 0 aliphatic carbocycles. The van der Waals surface area contributed by atoms with Crippen molar-refractivity contribution in [2.75, 3.05) is 0 Å². The number of hydrogen-bond donors (Lipinski definition) is 0. The summed E-state index contributed by atoms with van der Waals surface area (Å²) >= 11 is 3.25. The van der Waals surface area contributed by atoms with E-state index in [-0.39, 0.29) is 0 Å². The molecule has 1 aromatic rings. The van der Waals surface area contributed by atoms with Gasteiger partial charge in [0, 0.05) is 18.8 Å². The third kappa shape index (κ3) is 1.48. The summed E-state index contributed by atoms with van der Waals surface area (Å²) in [7, 11) is 0. The van der Waals surface area contributed by atoms with Gasteiger partial charge in [0.15, 0.2) is 0 Å². The topological polar surface area (TPSA) is 25.8 Å². The van der Waals surface area contributed by atoms with Gasteiger partial charge in [-0.1, -0.05) is 6.92 Å². The molecule has 1 heterocycles. The minimum atomic E-state index is 0.799. The van der Waals surface area contributed by atoms with E-state index in [0.717, 1.165) is 10.3 Å². The van der Waals surface area contributed by atoms with Crippen LogP contribution in [0.25, 0.3) is 0 Å². The molecule has 0 aliphatic rings. The van der Waals surface area contributed by atoms with Crippen LogP contribution in [0.2, 0.25) is 0 Å². The number of rotatable bonds is 1. The van der Waals surface area contributed by atoms with Gasteiger partial charge in [0.2, 0.25) is 0 Å². The standard InChI is InChI=1S/C6H6BrN2/c1-2-5-6(7)9-4-3-8-5/h2-4H,1H3. The minimum Gasteiger partial charge on any atom is -0.257 e. The third-order valence-corrected chi connectivity index (χ3v) is 1.56. The maximum absolute atomic E-state index is 4.03. The van der Waals surface area contributed by atoms with Gasteiger partial charge in [-0.2, -0.15) is 0 Å². The zero-order valence-electron chi connectivity index (χ0n) is 5.00. The van der Waals surface area contributed by atoms with E-state index in [0.29, 0.717) is 0 Å². The summed E-state index contributed by atoms with van der Waals surface area (Å²) < 4.78 is 0.799. The van der Waals surface area contributed by atoms with Crippen molar-refractivity contribution < 1.29 is 0 Å².